The van der Waals surface area contributed by atoms with Gasteiger partial charge in [-0.25, -0.2) is 9.59 Å². The van der Waals surface area contributed by atoms with Crippen LogP contribution >= 0.6 is 0 Å². The summed E-state index contributed by atoms with van der Waals surface area (Å²) in [5.74, 6) is 0. The maximum absolute atomic E-state index is 11.6. The monoisotopic (exact) mass is 278 g/mol. The first-order valence-corrected chi connectivity index (χ1v) is 6.24. The van der Waals surface area contributed by atoms with E-state index in [4.69, 9.17) is 4.74 Å². The van der Waals surface area contributed by atoms with Gasteiger partial charge in [-0.15, -0.1) is 0 Å². The lowest BCUT2D eigenvalue weighted by atomic mass is 10.2. The van der Waals surface area contributed by atoms with Crippen LogP contribution in [0.5, 0.6) is 0 Å². The molecular formula is C14H20N3O3+. The Balaban J connectivity index is 2.58. The fourth-order valence-corrected chi connectivity index (χ4v) is 1.42. The number of nitrogens with zero attached hydrogens (tertiary/aromatic N) is 2. The van der Waals surface area contributed by atoms with E-state index < -0.39 is 6.09 Å². The Bertz CT molecular complexity index is 529. The fraction of sp³-hybridized carbons (Fsp3) is 0.429. The second kappa shape index (κ2) is 6.84. The minimum Gasteiger partial charge on any atom is -0.443 e. The third-order valence-electron chi connectivity index (χ3n) is 2.62. The summed E-state index contributed by atoms with van der Waals surface area (Å²) in [5, 5.41) is 2.60. The first-order chi connectivity index (χ1) is 9.31. The van der Waals surface area contributed by atoms with Crippen LogP contribution in [-0.4, -0.2) is 51.0 Å². The molecule has 6 nitrogen and oxygen atoms in total. The number of quaternary nitrogens is 1. The van der Waals surface area contributed by atoms with E-state index in [-0.39, 0.29) is 0 Å². The molecule has 0 aliphatic rings. The smallest absolute Gasteiger partial charge is 0.411 e. The van der Waals surface area contributed by atoms with Crippen molar-refractivity contribution in [2.45, 2.75) is 6.92 Å². The highest BCUT2D eigenvalue weighted by molar-refractivity contribution is 5.85. The lowest BCUT2D eigenvalue weighted by Crippen LogP contribution is -2.38. The predicted molar refractivity (Wildman–Crippen MR) is 76.8 cm³/mol. The molecule has 1 aromatic carbocycles. The number of hydrogen-bond acceptors (Lipinski definition) is 4. The van der Waals surface area contributed by atoms with E-state index in [9.17, 15) is 9.59 Å². The second-order valence-electron chi connectivity index (χ2n) is 5.48. The molecule has 0 fully saturated rings. The van der Waals surface area contributed by atoms with Crippen LogP contribution in [0.4, 0.5) is 16.2 Å². The predicted octanol–water partition coefficient (Wildman–Crippen LogP) is 2.22. The van der Waals surface area contributed by atoms with E-state index in [1.807, 2.05) is 28.1 Å². The zero-order valence-electron chi connectivity index (χ0n) is 12.3. The maximum atomic E-state index is 11.6. The van der Waals surface area contributed by atoms with Crippen molar-refractivity contribution in [3.05, 3.63) is 23.8 Å². The Labute approximate surface area is 118 Å². The van der Waals surface area contributed by atoms with Crippen molar-refractivity contribution >= 4 is 23.5 Å². The van der Waals surface area contributed by atoms with Gasteiger partial charge in [-0.3, -0.25) is 5.32 Å². The molecule has 0 atom stereocenters. The molecule has 1 aromatic rings. The summed E-state index contributed by atoms with van der Waals surface area (Å²) >= 11 is 0. The highest BCUT2D eigenvalue weighted by Crippen LogP contribution is 2.22. The van der Waals surface area contributed by atoms with Crippen molar-refractivity contribution in [1.82, 2.24) is 0 Å². The van der Waals surface area contributed by atoms with E-state index in [1.54, 1.807) is 18.2 Å². The van der Waals surface area contributed by atoms with Gasteiger partial charge in [0.05, 0.1) is 26.8 Å². The van der Waals surface area contributed by atoms with E-state index in [2.05, 4.69) is 10.3 Å². The molecule has 108 valence electrons. The number of rotatable bonds is 5. The Kier molecular flexibility index (Phi) is 5.43. The van der Waals surface area contributed by atoms with Gasteiger partial charge in [0.1, 0.15) is 13.2 Å². The minimum absolute atomic E-state index is 0.334. The number of carbonyl (C=O) groups excluding carboxylic acids is 2. The molecule has 1 N–H and O–H groups in total. The Morgan fingerprint density at radius 3 is 2.70 bits per heavy atom. The van der Waals surface area contributed by atoms with Crippen LogP contribution in [0.15, 0.2) is 23.2 Å². The molecule has 6 heteroatoms. The summed E-state index contributed by atoms with van der Waals surface area (Å²) in [5.41, 5.74) is 1.83. The number of isocyanates is 1. The van der Waals surface area contributed by atoms with Gasteiger partial charge in [-0.2, -0.15) is 4.99 Å². The molecule has 0 aliphatic carbocycles. The van der Waals surface area contributed by atoms with Crippen molar-refractivity contribution in [3.8, 4) is 0 Å². The normalized spacial score (nSPS) is 10.6. The number of carbonyl (C=O) groups is 1. The van der Waals surface area contributed by atoms with Gasteiger partial charge >= 0.3 is 6.09 Å². The number of likely N-dealkylation sites (N-methyl/N-ethyl adjacent to an activating group) is 1. The first-order valence-electron chi connectivity index (χ1n) is 6.24. The van der Waals surface area contributed by atoms with Gasteiger partial charge in [0.25, 0.3) is 0 Å². The van der Waals surface area contributed by atoms with Gasteiger partial charge in [0.2, 0.25) is 6.08 Å². The number of aliphatic imine (C=N–C) groups is 1. The van der Waals surface area contributed by atoms with E-state index in [1.165, 1.54) is 6.08 Å². The zero-order chi connectivity index (χ0) is 15.2. The van der Waals surface area contributed by atoms with E-state index >= 15 is 0 Å². The summed E-state index contributed by atoms with van der Waals surface area (Å²) < 4.78 is 5.80. The standard InChI is InChI=1S/C14H19N3O3/c1-11-5-6-12(9-13(11)15-10-18)16-14(19)20-8-7-17(2,3)4/h5-6,9H,7-8H2,1-4H3/p+1. The van der Waals surface area contributed by atoms with Crippen molar-refractivity contribution < 1.29 is 18.8 Å². The number of hydrogen-bond donors (Lipinski definition) is 1. The molecule has 20 heavy (non-hydrogen) atoms. The number of aryl methyl sites for hydroxylation is 1. The molecule has 0 heterocycles. The molecule has 0 radical (unpaired) electrons. The summed E-state index contributed by atoms with van der Waals surface area (Å²) in [4.78, 5) is 25.5. The zero-order valence-corrected chi connectivity index (χ0v) is 12.3. The minimum atomic E-state index is -0.525. The summed E-state index contributed by atoms with van der Waals surface area (Å²) in [6.45, 7) is 2.88. The van der Waals surface area contributed by atoms with Crippen LogP contribution in [0, 0.1) is 6.92 Å². The lowest BCUT2D eigenvalue weighted by Gasteiger charge is -2.23. The topological polar surface area (TPSA) is 67.8 Å². The Morgan fingerprint density at radius 1 is 1.40 bits per heavy atom. The van der Waals surface area contributed by atoms with Crippen molar-refractivity contribution in [3.63, 3.8) is 0 Å². The van der Waals surface area contributed by atoms with Gasteiger partial charge in [-0.05, 0) is 24.6 Å². The number of anilines is 1. The largest absolute Gasteiger partial charge is 0.443 e. The molecule has 0 saturated heterocycles. The molecule has 0 saturated carbocycles. The molecular weight excluding hydrogens is 258 g/mol. The van der Waals surface area contributed by atoms with Crippen molar-refractivity contribution in [1.29, 1.82) is 0 Å². The molecule has 0 aromatic heterocycles. The highest BCUT2D eigenvalue weighted by atomic mass is 16.5. The van der Waals surface area contributed by atoms with Crippen LogP contribution in [0.2, 0.25) is 0 Å². The van der Waals surface area contributed by atoms with Crippen LogP contribution in [0.25, 0.3) is 0 Å². The van der Waals surface area contributed by atoms with E-state index in [0.717, 1.165) is 16.6 Å². The van der Waals surface area contributed by atoms with Crippen LogP contribution in [-0.2, 0) is 9.53 Å². The fourth-order valence-electron chi connectivity index (χ4n) is 1.42. The third kappa shape index (κ3) is 5.65. The third-order valence-corrected chi connectivity index (χ3v) is 2.62. The average molecular weight is 278 g/mol. The van der Waals surface area contributed by atoms with Gasteiger partial charge in [0, 0.05) is 5.69 Å². The molecule has 1 rings (SSSR count). The van der Waals surface area contributed by atoms with Gasteiger partial charge in [0.15, 0.2) is 0 Å². The molecule has 0 spiro atoms. The molecule has 0 aliphatic heterocycles. The number of ether oxygens (including phenoxy) is 1. The Hall–Kier alpha value is -2.17. The lowest BCUT2D eigenvalue weighted by molar-refractivity contribution is -0.870. The molecule has 0 unspecified atom stereocenters. The van der Waals surface area contributed by atoms with Crippen LogP contribution in [0.1, 0.15) is 5.56 Å². The first kappa shape index (κ1) is 15.9. The maximum Gasteiger partial charge on any atom is 0.411 e. The summed E-state index contributed by atoms with van der Waals surface area (Å²) in [6, 6.07) is 5.08. The highest BCUT2D eigenvalue weighted by Gasteiger charge is 2.10. The summed E-state index contributed by atoms with van der Waals surface area (Å²) in [7, 11) is 6.06. The molecule has 0 bridgehead atoms. The average Bonchev–Trinajstić information content (AvgIpc) is 2.32. The summed E-state index contributed by atoms with van der Waals surface area (Å²) in [6.07, 6.45) is 0.961. The van der Waals surface area contributed by atoms with Crippen molar-refractivity contribution in [2.24, 2.45) is 4.99 Å². The van der Waals surface area contributed by atoms with Crippen molar-refractivity contribution in [2.75, 3.05) is 39.6 Å². The second-order valence-corrected chi connectivity index (χ2v) is 5.48. The number of benzene rings is 1. The van der Waals surface area contributed by atoms with Crippen LogP contribution in [0.3, 0.4) is 0 Å². The van der Waals surface area contributed by atoms with Gasteiger partial charge < -0.3 is 9.22 Å². The Morgan fingerprint density at radius 2 is 2.10 bits per heavy atom. The number of nitrogens with one attached hydrogen (secondary N) is 1. The van der Waals surface area contributed by atoms with E-state index in [0.29, 0.717) is 18.0 Å². The SMILES string of the molecule is Cc1ccc(NC(=O)OCC[N+](C)(C)C)cc1N=C=O. The van der Waals surface area contributed by atoms with Gasteiger partial charge in [-0.1, -0.05) is 6.07 Å². The molecule has 1 amide bonds. The number of amides is 1. The van der Waals surface area contributed by atoms with Crippen LogP contribution < -0.4 is 5.32 Å². The quantitative estimate of drug-likeness (QED) is 0.510.